The summed E-state index contributed by atoms with van der Waals surface area (Å²) in [4.78, 5) is 25.8. The SMILES string of the molecule is COCC(=O)N1CCN(C(=O)OC)CC1. The number of hydrogen-bond acceptors (Lipinski definition) is 4. The molecule has 1 saturated heterocycles. The van der Waals surface area contributed by atoms with E-state index in [0.717, 1.165) is 0 Å². The van der Waals surface area contributed by atoms with Gasteiger partial charge in [-0.2, -0.15) is 0 Å². The van der Waals surface area contributed by atoms with Crippen molar-refractivity contribution >= 4 is 12.0 Å². The van der Waals surface area contributed by atoms with E-state index in [1.165, 1.54) is 14.2 Å². The molecule has 0 saturated carbocycles. The lowest BCUT2D eigenvalue weighted by atomic mass is 10.3. The van der Waals surface area contributed by atoms with Crippen LogP contribution in [0.1, 0.15) is 0 Å². The third-order valence-corrected chi connectivity index (χ3v) is 2.33. The van der Waals surface area contributed by atoms with Crippen LogP contribution >= 0.6 is 0 Å². The highest BCUT2D eigenvalue weighted by Crippen LogP contribution is 2.03. The molecule has 1 aliphatic rings. The zero-order valence-electron chi connectivity index (χ0n) is 9.06. The quantitative estimate of drug-likeness (QED) is 0.627. The van der Waals surface area contributed by atoms with Crippen molar-refractivity contribution in [3.63, 3.8) is 0 Å². The molecule has 15 heavy (non-hydrogen) atoms. The van der Waals surface area contributed by atoms with Gasteiger partial charge in [-0.1, -0.05) is 0 Å². The number of amides is 2. The summed E-state index contributed by atoms with van der Waals surface area (Å²) in [5, 5.41) is 0. The lowest BCUT2D eigenvalue weighted by Gasteiger charge is -2.33. The van der Waals surface area contributed by atoms with E-state index in [2.05, 4.69) is 4.74 Å². The average Bonchev–Trinajstić information content (AvgIpc) is 2.28. The Morgan fingerprint density at radius 3 is 2.07 bits per heavy atom. The minimum absolute atomic E-state index is 0.0398. The normalized spacial score (nSPS) is 16.4. The summed E-state index contributed by atoms with van der Waals surface area (Å²) in [6.07, 6.45) is -0.339. The molecule has 0 N–H and O–H groups in total. The Kier molecular flexibility index (Phi) is 4.36. The maximum atomic E-state index is 11.4. The van der Waals surface area contributed by atoms with Crippen LogP contribution in [0.4, 0.5) is 4.79 Å². The van der Waals surface area contributed by atoms with Crippen LogP contribution in [0.2, 0.25) is 0 Å². The van der Waals surface area contributed by atoms with E-state index in [1.807, 2.05) is 0 Å². The van der Waals surface area contributed by atoms with Gasteiger partial charge in [0, 0.05) is 33.3 Å². The molecule has 6 nitrogen and oxygen atoms in total. The number of nitrogens with zero attached hydrogens (tertiary/aromatic N) is 2. The van der Waals surface area contributed by atoms with Crippen molar-refractivity contribution in [3.05, 3.63) is 0 Å². The number of piperazine rings is 1. The molecule has 0 unspecified atom stereocenters. The van der Waals surface area contributed by atoms with Gasteiger partial charge in [0.15, 0.2) is 0 Å². The minimum Gasteiger partial charge on any atom is -0.453 e. The molecule has 0 atom stereocenters. The van der Waals surface area contributed by atoms with Crippen molar-refractivity contribution < 1.29 is 19.1 Å². The summed E-state index contributed by atoms with van der Waals surface area (Å²) in [5.41, 5.74) is 0. The molecule has 1 heterocycles. The lowest BCUT2D eigenvalue weighted by Crippen LogP contribution is -2.51. The summed E-state index contributed by atoms with van der Waals surface area (Å²) in [6, 6.07) is 0. The Morgan fingerprint density at radius 2 is 1.60 bits per heavy atom. The van der Waals surface area contributed by atoms with Gasteiger partial charge >= 0.3 is 6.09 Å². The number of hydrogen-bond donors (Lipinski definition) is 0. The Bertz CT molecular complexity index is 236. The molecule has 0 aliphatic carbocycles. The van der Waals surface area contributed by atoms with Gasteiger partial charge in [0.05, 0.1) is 7.11 Å². The second-order valence-electron chi connectivity index (χ2n) is 3.27. The van der Waals surface area contributed by atoms with Gasteiger partial charge in [0.1, 0.15) is 6.61 Å². The van der Waals surface area contributed by atoms with Crippen LogP contribution in [0.3, 0.4) is 0 Å². The molecule has 1 rings (SSSR count). The Hall–Kier alpha value is -1.30. The predicted molar refractivity (Wildman–Crippen MR) is 52.4 cm³/mol. The monoisotopic (exact) mass is 216 g/mol. The van der Waals surface area contributed by atoms with E-state index in [0.29, 0.717) is 26.2 Å². The third-order valence-electron chi connectivity index (χ3n) is 2.33. The summed E-state index contributed by atoms with van der Waals surface area (Å²) in [5.74, 6) is -0.0398. The van der Waals surface area contributed by atoms with E-state index in [1.54, 1.807) is 9.80 Å². The van der Waals surface area contributed by atoms with Gasteiger partial charge in [-0.05, 0) is 0 Å². The lowest BCUT2D eigenvalue weighted by molar-refractivity contribution is -0.136. The standard InChI is InChI=1S/C9H16N2O4/c1-14-7-8(12)10-3-5-11(6-4-10)9(13)15-2/h3-7H2,1-2H3. The highest BCUT2D eigenvalue weighted by atomic mass is 16.5. The van der Waals surface area contributed by atoms with Gasteiger partial charge in [0.25, 0.3) is 0 Å². The Balaban J connectivity index is 2.35. The third kappa shape index (κ3) is 3.09. The molecule has 0 radical (unpaired) electrons. The molecule has 0 aromatic rings. The number of ether oxygens (including phenoxy) is 2. The maximum absolute atomic E-state index is 11.4. The zero-order valence-corrected chi connectivity index (χ0v) is 9.06. The van der Waals surface area contributed by atoms with E-state index < -0.39 is 0 Å². The number of rotatable bonds is 2. The predicted octanol–water partition coefficient (Wildman–Crippen LogP) is -0.457. The summed E-state index contributed by atoms with van der Waals surface area (Å²) in [7, 11) is 2.84. The van der Waals surface area contributed by atoms with Crippen LogP contribution in [0.25, 0.3) is 0 Å². The molecule has 2 amide bonds. The first-order valence-corrected chi connectivity index (χ1v) is 4.78. The van der Waals surface area contributed by atoms with Crippen LogP contribution in [-0.4, -0.2) is 68.8 Å². The van der Waals surface area contributed by atoms with Crippen molar-refractivity contribution in [1.29, 1.82) is 0 Å². The van der Waals surface area contributed by atoms with Crippen LogP contribution < -0.4 is 0 Å². The molecule has 0 bridgehead atoms. The Labute approximate surface area is 88.7 Å². The molecular formula is C9H16N2O4. The van der Waals surface area contributed by atoms with Gasteiger partial charge < -0.3 is 19.3 Å². The van der Waals surface area contributed by atoms with Crippen molar-refractivity contribution in [1.82, 2.24) is 9.80 Å². The van der Waals surface area contributed by atoms with Crippen molar-refractivity contribution in [3.8, 4) is 0 Å². The Morgan fingerprint density at radius 1 is 1.07 bits per heavy atom. The smallest absolute Gasteiger partial charge is 0.409 e. The fourth-order valence-corrected chi connectivity index (χ4v) is 1.48. The van der Waals surface area contributed by atoms with E-state index >= 15 is 0 Å². The zero-order chi connectivity index (χ0) is 11.3. The highest BCUT2D eigenvalue weighted by molar-refractivity contribution is 5.78. The van der Waals surface area contributed by atoms with Crippen molar-refractivity contribution in [2.24, 2.45) is 0 Å². The summed E-state index contributed by atoms with van der Waals surface area (Å²) >= 11 is 0. The first kappa shape index (κ1) is 11.8. The number of carbonyl (C=O) groups excluding carboxylic acids is 2. The molecule has 0 aromatic heterocycles. The second kappa shape index (κ2) is 5.55. The second-order valence-corrected chi connectivity index (χ2v) is 3.27. The maximum Gasteiger partial charge on any atom is 0.409 e. The number of methoxy groups -OCH3 is 2. The van der Waals surface area contributed by atoms with Crippen LogP contribution in [-0.2, 0) is 14.3 Å². The summed E-state index contributed by atoms with van der Waals surface area (Å²) in [6.45, 7) is 2.21. The van der Waals surface area contributed by atoms with Crippen LogP contribution in [0.15, 0.2) is 0 Å². The molecule has 0 spiro atoms. The van der Waals surface area contributed by atoms with Gasteiger partial charge in [-0.25, -0.2) is 4.79 Å². The largest absolute Gasteiger partial charge is 0.453 e. The first-order valence-electron chi connectivity index (χ1n) is 4.78. The fourth-order valence-electron chi connectivity index (χ4n) is 1.48. The molecule has 1 aliphatic heterocycles. The van der Waals surface area contributed by atoms with Gasteiger partial charge in [0.2, 0.25) is 5.91 Å². The van der Waals surface area contributed by atoms with Gasteiger partial charge in [-0.3, -0.25) is 4.79 Å². The summed E-state index contributed by atoms with van der Waals surface area (Å²) < 4.78 is 9.35. The topological polar surface area (TPSA) is 59.1 Å². The van der Waals surface area contributed by atoms with Crippen molar-refractivity contribution in [2.45, 2.75) is 0 Å². The van der Waals surface area contributed by atoms with Crippen LogP contribution in [0, 0.1) is 0 Å². The highest BCUT2D eigenvalue weighted by Gasteiger charge is 2.23. The first-order chi connectivity index (χ1) is 7.19. The van der Waals surface area contributed by atoms with Gasteiger partial charge in [-0.15, -0.1) is 0 Å². The van der Waals surface area contributed by atoms with E-state index in [4.69, 9.17) is 4.74 Å². The molecule has 86 valence electrons. The van der Waals surface area contributed by atoms with E-state index in [9.17, 15) is 9.59 Å². The fraction of sp³-hybridized carbons (Fsp3) is 0.778. The molecular weight excluding hydrogens is 200 g/mol. The van der Waals surface area contributed by atoms with E-state index in [-0.39, 0.29) is 18.6 Å². The minimum atomic E-state index is -0.339. The average molecular weight is 216 g/mol. The molecule has 1 fully saturated rings. The van der Waals surface area contributed by atoms with Crippen molar-refractivity contribution in [2.75, 3.05) is 47.0 Å². The molecule has 0 aromatic carbocycles. The molecule has 6 heteroatoms. The number of carbonyl (C=O) groups is 2. The van der Waals surface area contributed by atoms with Crippen LogP contribution in [0.5, 0.6) is 0 Å².